The van der Waals surface area contributed by atoms with E-state index < -0.39 is 0 Å². The lowest BCUT2D eigenvalue weighted by Gasteiger charge is -2.57. The monoisotopic (exact) mass is 314 g/mol. The second-order valence-electron chi connectivity index (χ2n) is 8.57. The average Bonchev–Trinajstić information content (AvgIpc) is 2.86. The van der Waals surface area contributed by atoms with E-state index in [0.717, 1.165) is 30.6 Å². The number of carbonyl (C=O) groups excluding carboxylic acids is 1. The Labute approximate surface area is 142 Å². The molecule has 3 saturated carbocycles. The maximum absolute atomic E-state index is 11.8. The van der Waals surface area contributed by atoms with Crippen molar-refractivity contribution in [2.75, 3.05) is 0 Å². The molecule has 0 aromatic rings. The number of fused-ring (bicyclic) bond motifs is 5. The van der Waals surface area contributed by atoms with Crippen LogP contribution in [-0.2, 0) is 4.79 Å². The predicted molar refractivity (Wildman–Crippen MR) is 97.2 cm³/mol. The third-order valence-corrected chi connectivity index (χ3v) is 7.92. The molecule has 0 amide bonds. The molecule has 1 heteroatoms. The lowest BCUT2D eigenvalue weighted by Crippen LogP contribution is -2.49. The first-order valence-corrected chi connectivity index (χ1v) is 9.87. The summed E-state index contributed by atoms with van der Waals surface area (Å²) in [6, 6.07) is 0. The van der Waals surface area contributed by atoms with Gasteiger partial charge in [0.15, 0.2) is 5.78 Å². The van der Waals surface area contributed by atoms with Crippen molar-refractivity contribution >= 4 is 5.78 Å². The molecule has 1 nitrogen and oxygen atoms in total. The van der Waals surface area contributed by atoms with Crippen molar-refractivity contribution in [1.29, 1.82) is 0 Å². The molecule has 4 rings (SSSR count). The molecule has 23 heavy (non-hydrogen) atoms. The second-order valence-corrected chi connectivity index (χ2v) is 8.57. The number of carbonyl (C=O) groups is 1. The van der Waals surface area contributed by atoms with E-state index in [-0.39, 0.29) is 0 Å². The second kappa shape index (κ2) is 5.90. The molecule has 0 saturated heterocycles. The molecule has 0 spiro atoms. The van der Waals surface area contributed by atoms with Gasteiger partial charge in [-0.05, 0) is 79.6 Å². The number of rotatable bonds is 0. The van der Waals surface area contributed by atoms with Crippen LogP contribution in [-0.4, -0.2) is 5.78 Å². The smallest absolute Gasteiger partial charge is 0.155 e. The van der Waals surface area contributed by atoms with E-state index in [1.807, 2.05) is 19.9 Å². The van der Waals surface area contributed by atoms with Gasteiger partial charge in [0.2, 0.25) is 0 Å². The van der Waals surface area contributed by atoms with Gasteiger partial charge in [0, 0.05) is 6.42 Å². The maximum Gasteiger partial charge on any atom is 0.155 e. The minimum absolute atomic E-state index is 0.322. The lowest BCUT2D eigenvalue weighted by molar-refractivity contribution is -0.117. The summed E-state index contributed by atoms with van der Waals surface area (Å²) >= 11 is 0. The Morgan fingerprint density at radius 1 is 0.957 bits per heavy atom. The molecule has 0 heterocycles. The third kappa shape index (κ3) is 2.37. The zero-order valence-corrected chi connectivity index (χ0v) is 15.6. The summed E-state index contributed by atoms with van der Waals surface area (Å²) in [7, 11) is 0. The van der Waals surface area contributed by atoms with E-state index in [4.69, 9.17) is 0 Å². The number of ketones is 1. The molecule has 0 aromatic carbocycles. The summed E-state index contributed by atoms with van der Waals surface area (Å²) < 4.78 is 0. The molecule has 3 fully saturated rings. The van der Waals surface area contributed by atoms with E-state index in [1.54, 1.807) is 0 Å². The highest BCUT2D eigenvalue weighted by Crippen LogP contribution is 2.66. The third-order valence-electron chi connectivity index (χ3n) is 7.92. The highest BCUT2D eigenvalue weighted by atomic mass is 16.1. The van der Waals surface area contributed by atoms with E-state index >= 15 is 0 Å². The predicted octanol–water partition coefficient (Wildman–Crippen LogP) is 6.10. The normalized spacial score (nSPS) is 45.2. The molecular formula is C22H34O. The van der Waals surface area contributed by atoms with Crippen LogP contribution in [0.3, 0.4) is 0 Å². The largest absolute Gasteiger partial charge is 0.295 e. The fraction of sp³-hybridized carbons (Fsp3) is 0.773. The van der Waals surface area contributed by atoms with E-state index in [9.17, 15) is 4.79 Å². The molecule has 0 aliphatic heterocycles. The summed E-state index contributed by atoms with van der Waals surface area (Å²) in [4.78, 5) is 11.8. The van der Waals surface area contributed by atoms with Crippen molar-refractivity contribution in [3.63, 3.8) is 0 Å². The highest BCUT2D eigenvalue weighted by molar-refractivity contribution is 5.91. The Bertz CT molecular complexity index is 542. The minimum atomic E-state index is 0.322. The van der Waals surface area contributed by atoms with Crippen LogP contribution in [0, 0.1) is 28.6 Å². The standard InChI is InChI=1S/C20H28O.C2H6/c1-13-4-7-17-16-6-5-14-12-15(21)8-10-20(14,3)18(16)9-11-19(13,17)2;1-2/h12,16-18H,1,4-11H2,2-3H3;1-2H3. The van der Waals surface area contributed by atoms with Crippen LogP contribution in [0.2, 0.25) is 0 Å². The van der Waals surface area contributed by atoms with Crippen molar-refractivity contribution in [1.82, 2.24) is 0 Å². The molecule has 4 aliphatic carbocycles. The van der Waals surface area contributed by atoms with Gasteiger partial charge in [-0.3, -0.25) is 4.79 Å². The van der Waals surface area contributed by atoms with E-state index in [1.165, 1.54) is 49.7 Å². The van der Waals surface area contributed by atoms with Gasteiger partial charge < -0.3 is 0 Å². The van der Waals surface area contributed by atoms with Crippen molar-refractivity contribution < 1.29 is 4.79 Å². The van der Waals surface area contributed by atoms with Crippen molar-refractivity contribution in [3.8, 4) is 0 Å². The van der Waals surface area contributed by atoms with Gasteiger partial charge in [-0.2, -0.15) is 0 Å². The first-order valence-electron chi connectivity index (χ1n) is 9.87. The summed E-state index contributed by atoms with van der Waals surface area (Å²) in [6.07, 6.45) is 11.7. The minimum Gasteiger partial charge on any atom is -0.295 e. The molecule has 5 atom stereocenters. The number of hydrogen-bond donors (Lipinski definition) is 0. The Kier molecular flexibility index (Phi) is 4.36. The molecular weight excluding hydrogens is 280 g/mol. The highest BCUT2D eigenvalue weighted by Gasteiger charge is 2.57. The summed E-state index contributed by atoms with van der Waals surface area (Å²) in [5.41, 5.74) is 3.75. The molecule has 0 radical (unpaired) electrons. The molecule has 5 unspecified atom stereocenters. The average molecular weight is 315 g/mol. The van der Waals surface area contributed by atoms with Crippen LogP contribution in [0.1, 0.15) is 79.1 Å². The first kappa shape index (κ1) is 17.0. The van der Waals surface area contributed by atoms with Crippen LogP contribution < -0.4 is 0 Å². The zero-order valence-electron chi connectivity index (χ0n) is 15.6. The van der Waals surface area contributed by atoms with Crippen LogP contribution >= 0.6 is 0 Å². The quantitative estimate of drug-likeness (QED) is 0.494. The molecule has 0 aromatic heterocycles. The zero-order chi connectivity index (χ0) is 16.8. The van der Waals surface area contributed by atoms with Crippen molar-refractivity contribution in [2.24, 2.45) is 28.6 Å². The van der Waals surface area contributed by atoms with Gasteiger partial charge in [-0.25, -0.2) is 0 Å². The van der Waals surface area contributed by atoms with Gasteiger partial charge in [0.25, 0.3) is 0 Å². The van der Waals surface area contributed by atoms with Crippen molar-refractivity contribution in [2.45, 2.75) is 79.1 Å². The van der Waals surface area contributed by atoms with Gasteiger partial charge >= 0.3 is 0 Å². The van der Waals surface area contributed by atoms with Crippen LogP contribution in [0.25, 0.3) is 0 Å². The first-order chi connectivity index (χ1) is 10.9. The molecule has 4 aliphatic rings. The number of hydrogen-bond acceptors (Lipinski definition) is 1. The van der Waals surface area contributed by atoms with Crippen LogP contribution in [0.4, 0.5) is 0 Å². The fourth-order valence-electron chi connectivity index (χ4n) is 6.47. The SMILES string of the molecule is C=C1CCC2C3CCC4=CC(=O)CCC4(C)C3CCC12C.CC. The van der Waals surface area contributed by atoms with Gasteiger partial charge in [0.1, 0.15) is 0 Å². The summed E-state index contributed by atoms with van der Waals surface area (Å²) in [5, 5.41) is 0. The lowest BCUT2D eigenvalue weighted by atomic mass is 9.47. The fourth-order valence-corrected chi connectivity index (χ4v) is 6.47. The maximum atomic E-state index is 11.8. The summed E-state index contributed by atoms with van der Waals surface area (Å²) in [6.45, 7) is 13.4. The molecule has 0 N–H and O–H groups in total. The van der Waals surface area contributed by atoms with E-state index in [2.05, 4.69) is 20.4 Å². The van der Waals surface area contributed by atoms with Crippen LogP contribution in [0.15, 0.2) is 23.8 Å². The Balaban J connectivity index is 0.000000753. The van der Waals surface area contributed by atoms with Gasteiger partial charge in [0.05, 0.1) is 0 Å². The van der Waals surface area contributed by atoms with Gasteiger partial charge in [-0.1, -0.05) is 45.4 Å². The molecule has 128 valence electrons. The van der Waals surface area contributed by atoms with E-state index in [0.29, 0.717) is 16.6 Å². The van der Waals surface area contributed by atoms with Crippen molar-refractivity contribution in [3.05, 3.63) is 23.8 Å². The Morgan fingerprint density at radius 2 is 1.65 bits per heavy atom. The van der Waals surface area contributed by atoms with Gasteiger partial charge in [-0.15, -0.1) is 0 Å². The Morgan fingerprint density at radius 3 is 2.39 bits per heavy atom. The number of allylic oxidation sites excluding steroid dienone is 2. The topological polar surface area (TPSA) is 17.1 Å². The summed E-state index contributed by atoms with van der Waals surface area (Å²) in [5.74, 6) is 2.92. The van der Waals surface area contributed by atoms with Crippen LogP contribution in [0.5, 0.6) is 0 Å². The molecule has 0 bridgehead atoms. The Hall–Kier alpha value is -0.850.